The van der Waals surface area contributed by atoms with Crippen LogP contribution in [-0.4, -0.2) is 61.9 Å². The number of hydrogen-bond donors (Lipinski definition) is 0. The predicted molar refractivity (Wildman–Crippen MR) is 121 cm³/mol. The Bertz CT molecular complexity index is 1090. The van der Waals surface area contributed by atoms with Crippen molar-refractivity contribution in [1.29, 1.82) is 0 Å². The first kappa shape index (κ1) is 21.9. The van der Waals surface area contributed by atoms with Gasteiger partial charge in [-0.1, -0.05) is 53.1 Å². The molecule has 4 rings (SSSR count). The van der Waals surface area contributed by atoms with Gasteiger partial charge in [-0.2, -0.15) is 0 Å². The summed E-state index contributed by atoms with van der Waals surface area (Å²) in [6.45, 7) is 5.48. The van der Waals surface area contributed by atoms with Crippen LogP contribution in [0.5, 0.6) is 0 Å². The first-order chi connectivity index (χ1) is 15.2. The van der Waals surface area contributed by atoms with E-state index in [9.17, 15) is 9.59 Å². The Balaban J connectivity index is 1.59. The molecule has 1 aliphatic heterocycles. The Kier molecular flexibility index (Phi) is 5.71. The average Bonchev–Trinajstić information content (AvgIpc) is 3.29. The second kappa shape index (κ2) is 8.33. The van der Waals surface area contributed by atoms with Crippen molar-refractivity contribution in [3.63, 3.8) is 0 Å². The van der Waals surface area contributed by atoms with Gasteiger partial charge in [0.05, 0.1) is 13.7 Å². The third kappa shape index (κ3) is 4.22. The van der Waals surface area contributed by atoms with E-state index in [4.69, 9.17) is 22.2 Å². The molecule has 164 valence electrons. The van der Waals surface area contributed by atoms with Crippen LogP contribution in [0.1, 0.15) is 38.3 Å². The summed E-state index contributed by atoms with van der Waals surface area (Å²) in [6, 6.07) is 12.8. The van der Waals surface area contributed by atoms with Crippen molar-refractivity contribution in [3.8, 4) is 11.1 Å². The lowest BCUT2D eigenvalue weighted by molar-refractivity contribution is -0.145. The van der Waals surface area contributed by atoms with Gasteiger partial charge >= 0.3 is 12.1 Å². The fraction of sp³-hybridized carbons (Fsp3) is 0.375. The number of hydrogen-bond acceptors (Lipinski definition) is 6. The molecule has 2 aromatic rings. The SMILES string of the molecule is [B]c1ccc2c(c1)/C(=N\O[C@@H]1C[C@@H](C(=O)OC)N(C(=O)OC(C)(C)C)C1)c1ccccc1-2. The summed E-state index contributed by atoms with van der Waals surface area (Å²) in [4.78, 5) is 32.2. The summed E-state index contributed by atoms with van der Waals surface area (Å²) in [5, 5.41) is 4.45. The van der Waals surface area contributed by atoms with Crippen LogP contribution in [0.4, 0.5) is 4.79 Å². The molecule has 0 aromatic heterocycles. The Morgan fingerprint density at radius 2 is 1.75 bits per heavy atom. The molecule has 1 aliphatic carbocycles. The van der Waals surface area contributed by atoms with Gasteiger partial charge in [-0.25, -0.2) is 9.59 Å². The zero-order valence-electron chi connectivity index (χ0n) is 18.6. The summed E-state index contributed by atoms with van der Waals surface area (Å²) < 4.78 is 10.3. The highest BCUT2D eigenvalue weighted by Crippen LogP contribution is 2.36. The summed E-state index contributed by atoms with van der Waals surface area (Å²) in [7, 11) is 7.30. The first-order valence-electron chi connectivity index (χ1n) is 10.5. The van der Waals surface area contributed by atoms with E-state index in [-0.39, 0.29) is 13.0 Å². The fourth-order valence-corrected chi connectivity index (χ4v) is 4.04. The normalized spacial score (nSPS) is 20.6. The van der Waals surface area contributed by atoms with Crippen molar-refractivity contribution >= 4 is 31.1 Å². The van der Waals surface area contributed by atoms with Crippen molar-refractivity contribution < 1.29 is 23.9 Å². The maximum absolute atomic E-state index is 12.7. The fourth-order valence-electron chi connectivity index (χ4n) is 4.04. The van der Waals surface area contributed by atoms with Crippen LogP contribution >= 0.6 is 0 Å². The number of fused-ring (bicyclic) bond motifs is 3. The molecule has 2 aliphatic rings. The molecule has 1 amide bonds. The molecule has 32 heavy (non-hydrogen) atoms. The number of amides is 1. The molecule has 2 aromatic carbocycles. The minimum absolute atomic E-state index is 0.164. The molecule has 0 bridgehead atoms. The van der Waals surface area contributed by atoms with Crippen LogP contribution in [0.15, 0.2) is 47.6 Å². The second-order valence-electron chi connectivity index (χ2n) is 8.93. The second-order valence-corrected chi connectivity index (χ2v) is 8.93. The van der Waals surface area contributed by atoms with Crippen molar-refractivity contribution in [2.45, 2.75) is 44.9 Å². The van der Waals surface area contributed by atoms with E-state index in [2.05, 4.69) is 5.16 Å². The van der Waals surface area contributed by atoms with E-state index in [0.29, 0.717) is 11.2 Å². The first-order valence-corrected chi connectivity index (χ1v) is 10.5. The summed E-state index contributed by atoms with van der Waals surface area (Å²) in [5.74, 6) is -0.515. The number of likely N-dealkylation sites (tertiary alicyclic amines) is 1. The Labute approximate surface area is 188 Å². The maximum atomic E-state index is 12.7. The molecule has 2 radical (unpaired) electrons. The van der Waals surface area contributed by atoms with Crippen LogP contribution in [0.3, 0.4) is 0 Å². The number of carbonyl (C=O) groups excluding carboxylic acids is 2. The molecular weight excluding hydrogens is 407 g/mol. The number of benzene rings is 2. The van der Waals surface area contributed by atoms with Gasteiger partial charge in [0, 0.05) is 17.5 Å². The number of esters is 1. The molecule has 1 fully saturated rings. The smallest absolute Gasteiger partial charge is 0.411 e. The van der Waals surface area contributed by atoms with Crippen LogP contribution in [-0.2, 0) is 19.1 Å². The molecule has 0 N–H and O–H groups in total. The van der Waals surface area contributed by atoms with Crippen LogP contribution in [0.25, 0.3) is 11.1 Å². The zero-order valence-corrected chi connectivity index (χ0v) is 18.6. The number of oxime groups is 1. The highest BCUT2D eigenvalue weighted by Gasteiger charge is 2.43. The van der Waals surface area contributed by atoms with Gasteiger partial charge in [0.2, 0.25) is 0 Å². The lowest BCUT2D eigenvalue weighted by Crippen LogP contribution is -2.44. The third-order valence-electron chi connectivity index (χ3n) is 5.43. The van der Waals surface area contributed by atoms with E-state index in [1.807, 2.05) is 42.5 Å². The number of carbonyl (C=O) groups is 2. The molecule has 7 nitrogen and oxygen atoms in total. The minimum Gasteiger partial charge on any atom is -0.467 e. The molecule has 0 spiro atoms. The Morgan fingerprint density at radius 1 is 1.06 bits per heavy atom. The number of rotatable bonds is 3. The highest BCUT2D eigenvalue weighted by atomic mass is 16.6. The van der Waals surface area contributed by atoms with E-state index in [1.165, 1.54) is 12.0 Å². The van der Waals surface area contributed by atoms with E-state index in [0.717, 1.165) is 22.3 Å². The molecule has 0 unspecified atom stereocenters. The van der Waals surface area contributed by atoms with Gasteiger partial charge in [0.1, 0.15) is 31.3 Å². The van der Waals surface area contributed by atoms with Crippen LogP contribution < -0.4 is 5.46 Å². The number of nitrogens with zero attached hydrogens (tertiary/aromatic N) is 2. The van der Waals surface area contributed by atoms with E-state index in [1.54, 1.807) is 20.8 Å². The Hall–Kier alpha value is -3.29. The van der Waals surface area contributed by atoms with E-state index < -0.39 is 29.8 Å². The molecule has 1 saturated heterocycles. The topological polar surface area (TPSA) is 77.4 Å². The molecule has 1 heterocycles. The molecular formula is C24H25BN2O5. The third-order valence-corrected chi connectivity index (χ3v) is 5.43. The van der Waals surface area contributed by atoms with Gasteiger partial charge in [-0.3, -0.25) is 4.90 Å². The summed E-state index contributed by atoms with van der Waals surface area (Å²) >= 11 is 0. The van der Waals surface area contributed by atoms with Gasteiger partial charge < -0.3 is 14.3 Å². The zero-order chi connectivity index (χ0) is 23.0. The highest BCUT2D eigenvalue weighted by molar-refractivity contribution is 6.34. The monoisotopic (exact) mass is 432 g/mol. The maximum Gasteiger partial charge on any atom is 0.411 e. The minimum atomic E-state index is -0.793. The molecule has 2 atom stereocenters. The largest absolute Gasteiger partial charge is 0.467 e. The average molecular weight is 432 g/mol. The van der Waals surface area contributed by atoms with Crippen LogP contribution in [0, 0.1) is 0 Å². The van der Waals surface area contributed by atoms with Crippen molar-refractivity contribution in [1.82, 2.24) is 4.90 Å². The predicted octanol–water partition coefficient (Wildman–Crippen LogP) is 2.78. The summed E-state index contributed by atoms with van der Waals surface area (Å²) in [6.07, 6.45) is -0.818. The van der Waals surface area contributed by atoms with Crippen molar-refractivity contribution in [2.24, 2.45) is 5.16 Å². The standard InChI is InChI=1S/C24H25BN2O5/c1-24(2,3)31-23(29)27-13-15(12-20(27)22(28)30-4)32-26-21-18-8-6-5-7-16(18)17-10-9-14(25)11-19(17)21/h5-11,15,20H,12-13H2,1-4H3/b26-21-/t15-,20+/m1/s1. The van der Waals surface area contributed by atoms with Gasteiger partial charge in [-0.05, 0) is 31.9 Å². The lowest BCUT2D eigenvalue weighted by atomic mass is 9.92. The van der Waals surface area contributed by atoms with Crippen molar-refractivity contribution in [2.75, 3.05) is 13.7 Å². The van der Waals surface area contributed by atoms with Gasteiger partial charge in [0.15, 0.2) is 0 Å². The van der Waals surface area contributed by atoms with Crippen molar-refractivity contribution in [3.05, 3.63) is 53.6 Å². The van der Waals surface area contributed by atoms with Gasteiger partial charge in [0.25, 0.3) is 0 Å². The molecule has 0 saturated carbocycles. The number of methoxy groups -OCH3 is 1. The van der Waals surface area contributed by atoms with E-state index >= 15 is 0 Å². The van der Waals surface area contributed by atoms with Crippen LogP contribution in [0.2, 0.25) is 0 Å². The Morgan fingerprint density at radius 3 is 2.44 bits per heavy atom. The molecule has 8 heteroatoms. The lowest BCUT2D eigenvalue weighted by Gasteiger charge is -2.27. The summed E-state index contributed by atoms with van der Waals surface area (Å²) in [5.41, 5.74) is 4.54. The number of ether oxygens (including phenoxy) is 2. The quantitative estimate of drug-likeness (QED) is 0.362. The van der Waals surface area contributed by atoms with Gasteiger partial charge in [-0.15, -0.1) is 0 Å².